The molecule has 4 fully saturated rings. The van der Waals surface area contributed by atoms with Gasteiger partial charge in [0.1, 0.15) is 5.69 Å². The number of amides is 1. The third-order valence-corrected chi connectivity index (χ3v) is 6.37. The standard InChI is InChI=1S/C20H22N4O2/c25-17-11-21-16(10-22-17)20(26)24-12-15(13-4-2-1-3-5-13)19-18(24)14-6-8-23(19)9-7-14/h1-5,10-11,14-15,18-19H,6-9,12H2,(H,22,25). The van der Waals surface area contributed by atoms with Crippen molar-refractivity contribution in [2.45, 2.75) is 30.8 Å². The molecule has 6 rings (SSSR count). The predicted molar refractivity (Wildman–Crippen MR) is 97.0 cm³/mol. The van der Waals surface area contributed by atoms with E-state index in [2.05, 4.69) is 39.1 Å². The number of aromatic amines is 1. The quantitative estimate of drug-likeness (QED) is 0.891. The minimum absolute atomic E-state index is 0.0663. The number of likely N-dealkylation sites (tertiary alicyclic amines) is 1. The molecule has 2 bridgehead atoms. The molecule has 1 aromatic carbocycles. The van der Waals surface area contributed by atoms with Gasteiger partial charge >= 0.3 is 0 Å². The van der Waals surface area contributed by atoms with Gasteiger partial charge in [-0.1, -0.05) is 30.3 Å². The molecule has 5 heterocycles. The second kappa shape index (κ2) is 6.06. The maximum atomic E-state index is 13.2. The summed E-state index contributed by atoms with van der Waals surface area (Å²) in [6.07, 6.45) is 4.94. The van der Waals surface area contributed by atoms with Crippen molar-refractivity contribution in [1.82, 2.24) is 19.8 Å². The highest BCUT2D eigenvalue weighted by atomic mass is 16.2. The van der Waals surface area contributed by atoms with Crippen molar-refractivity contribution in [3.05, 3.63) is 64.3 Å². The van der Waals surface area contributed by atoms with Crippen LogP contribution in [0.15, 0.2) is 47.5 Å². The summed E-state index contributed by atoms with van der Waals surface area (Å²) >= 11 is 0. The molecule has 0 radical (unpaired) electrons. The van der Waals surface area contributed by atoms with Crippen molar-refractivity contribution >= 4 is 5.91 Å². The Kier molecular flexibility index (Phi) is 3.67. The Morgan fingerprint density at radius 2 is 1.88 bits per heavy atom. The molecule has 4 aliphatic heterocycles. The van der Waals surface area contributed by atoms with Crippen LogP contribution in [0.2, 0.25) is 0 Å². The lowest BCUT2D eigenvalue weighted by Crippen LogP contribution is -2.60. The SMILES string of the molecule is O=C(c1c[nH]c(=O)cn1)N1CC(c2ccccc2)C2C1C1CCN2CC1. The fraction of sp³-hybridized carbons (Fsp3) is 0.450. The van der Waals surface area contributed by atoms with E-state index in [0.717, 1.165) is 25.9 Å². The summed E-state index contributed by atoms with van der Waals surface area (Å²) in [6, 6.07) is 11.2. The van der Waals surface area contributed by atoms with Crippen LogP contribution >= 0.6 is 0 Å². The highest BCUT2D eigenvalue weighted by Gasteiger charge is 2.54. The van der Waals surface area contributed by atoms with E-state index in [4.69, 9.17) is 0 Å². The minimum Gasteiger partial charge on any atom is -0.332 e. The number of nitrogens with zero attached hydrogens (tertiary/aromatic N) is 3. The molecule has 1 amide bonds. The van der Waals surface area contributed by atoms with E-state index in [-0.39, 0.29) is 17.5 Å². The lowest BCUT2D eigenvalue weighted by Gasteiger charge is -2.51. The first-order valence-corrected chi connectivity index (χ1v) is 9.37. The Morgan fingerprint density at radius 3 is 2.58 bits per heavy atom. The monoisotopic (exact) mass is 350 g/mol. The third-order valence-electron chi connectivity index (χ3n) is 6.37. The summed E-state index contributed by atoms with van der Waals surface area (Å²) in [6.45, 7) is 2.98. The highest BCUT2D eigenvalue weighted by molar-refractivity contribution is 5.92. The number of carbonyl (C=O) groups excluding carboxylic acids is 1. The van der Waals surface area contributed by atoms with Gasteiger partial charge in [0.05, 0.1) is 12.2 Å². The van der Waals surface area contributed by atoms with Crippen LogP contribution in [0.25, 0.3) is 0 Å². The van der Waals surface area contributed by atoms with Crippen LogP contribution in [0.5, 0.6) is 0 Å². The molecular weight excluding hydrogens is 328 g/mol. The van der Waals surface area contributed by atoms with Crippen molar-refractivity contribution in [2.24, 2.45) is 5.92 Å². The Hall–Kier alpha value is -2.47. The van der Waals surface area contributed by atoms with Gasteiger partial charge in [-0.3, -0.25) is 14.5 Å². The second-order valence-corrected chi connectivity index (χ2v) is 7.63. The van der Waals surface area contributed by atoms with Gasteiger partial charge in [0, 0.05) is 24.7 Å². The molecule has 26 heavy (non-hydrogen) atoms. The molecule has 1 N–H and O–H groups in total. The fourth-order valence-electron chi connectivity index (χ4n) is 5.25. The molecule has 1 aromatic heterocycles. The molecule has 6 nitrogen and oxygen atoms in total. The molecule has 134 valence electrons. The van der Waals surface area contributed by atoms with E-state index < -0.39 is 0 Å². The van der Waals surface area contributed by atoms with Gasteiger partial charge in [-0.25, -0.2) is 4.98 Å². The van der Waals surface area contributed by atoms with Gasteiger partial charge < -0.3 is 9.88 Å². The van der Waals surface area contributed by atoms with Gasteiger partial charge in [0.15, 0.2) is 0 Å². The normalized spacial score (nSPS) is 32.5. The van der Waals surface area contributed by atoms with Crippen molar-refractivity contribution in [1.29, 1.82) is 0 Å². The lowest BCUT2D eigenvalue weighted by molar-refractivity contribution is -0.00359. The number of piperidine rings is 3. The van der Waals surface area contributed by atoms with Crippen LogP contribution in [0.1, 0.15) is 34.8 Å². The number of rotatable bonds is 2. The molecular formula is C20H22N4O2. The average Bonchev–Trinajstić information content (AvgIpc) is 3.12. The maximum absolute atomic E-state index is 13.2. The van der Waals surface area contributed by atoms with E-state index in [1.165, 1.54) is 18.0 Å². The smallest absolute Gasteiger partial charge is 0.274 e. The first kappa shape index (κ1) is 15.8. The van der Waals surface area contributed by atoms with Crippen LogP contribution in [-0.2, 0) is 0 Å². The number of H-pyrrole nitrogens is 1. The van der Waals surface area contributed by atoms with Gasteiger partial charge in [0.2, 0.25) is 0 Å². The zero-order valence-electron chi connectivity index (χ0n) is 14.5. The van der Waals surface area contributed by atoms with Gasteiger partial charge in [-0.2, -0.15) is 0 Å². The van der Waals surface area contributed by atoms with E-state index >= 15 is 0 Å². The Labute approximate surface area is 151 Å². The van der Waals surface area contributed by atoms with Crippen LogP contribution < -0.4 is 5.56 Å². The molecule has 6 heteroatoms. The molecule has 0 saturated carbocycles. The second-order valence-electron chi connectivity index (χ2n) is 7.63. The number of nitrogens with one attached hydrogen (secondary N) is 1. The van der Waals surface area contributed by atoms with E-state index in [1.54, 1.807) is 0 Å². The third kappa shape index (κ3) is 2.40. The summed E-state index contributed by atoms with van der Waals surface area (Å²) in [5, 5.41) is 0. The summed E-state index contributed by atoms with van der Waals surface area (Å²) < 4.78 is 0. The summed E-state index contributed by atoms with van der Waals surface area (Å²) in [7, 11) is 0. The number of fused-ring (bicyclic) bond motifs is 2. The first-order valence-electron chi connectivity index (χ1n) is 9.37. The largest absolute Gasteiger partial charge is 0.332 e. The van der Waals surface area contributed by atoms with E-state index in [1.807, 2.05) is 11.0 Å². The Morgan fingerprint density at radius 1 is 1.12 bits per heavy atom. The van der Waals surface area contributed by atoms with E-state index in [9.17, 15) is 9.59 Å². The first-order chi connectivity index (χ1) is 12.7. The van der Waals surface area contributed by atoms with E-state index in [0.29, 0.717) is 30.1 Å². The van der Waals surface area contributed by atoms with Crippen LogP contribution in [0, 0.1) is 5.92 Å². The van der Waals surface area contributed by atoms with Crippen molar-refractivity contribution in [3.8, 4) is 0 Å². The van der Waals surface area contributed by atoms with Crippen molar-refractivity contribution in [3.63, 3.8) is 0 Å². The fourth-order valence-corrected chi connectivity index (χ4v) is 5.25. The number of carbonyl (C=O) groups is 1. The van der Waals surface area contributed by atoms with Crippen LogP contribution in [0.3, 0.4) is 0 Å². The predicted octanol–water partition coefficient (Wildman–Crippen LogP) is 1.47. The number of hydrogen-bond donors (Lipinski definition) is 1. The van der Waals surface area contributed by atoms with Gasteiger partial charge in [0.25, 0.3) is 11.5 Å². The highest BCUT2D eigenvalue weighted by Crippen LogP contribution is 2.46. The number of benzene rings is 1. The van der Waals surface area contributed by atoms with Crippen LogP contribution in [0.4, 0.5) is 0 Å². The Balaban J connectivity index is 1.52. The zero-order valence-corrected chi connectivity index (χ0v) is 14.5. The average molecular weight is 350 g/mol. The van der Waals surface area contributed by atoms with Crippen LogP contribution in [-0.4, -0.2) is 57.4 Å². The van der Waals surface area contributed by atoms with Crippen molar-refractivity contribution in [2.75, 3.05) is 19.6 Å². The number of aromatic nitrogens is 2. The number of hydrogen-bond acceptors (Lipinski definition) is 4. The summed E-state index contributed by atoms with van der Waals surface area (Å²) in [5.41, 5.74) is 1.35. The molecule has 4 saturated heterocycles. The molecule has 3 atom stereocenters. The minimum atomic E-state index is -0.286. The topological polar surface area (TPSA) is 69.3 Å². The molecule has 0 spiro atoms. The van der Waals surface area contributed by atoms with Gasteiger partial charge in [-0.15, -0.1) is 0 Å². The summed E-state index contributed by atoms with van der Waals surface area (Å²) in [4.78, 5) is 35.7. The molecule has 2 aromatic rings. The maximum Gasteiger partial charge on any atom is 0.274 e. The molecule has 4 aliphatic rings. The van der Waals surface area contributed by atoms with Gasteiger partial charge in [-0.05, 0) is 37.4 Å². The molecule has 3 unspecified atom stereocenters. The van der Waals surface area contributed by atoms with Crippen molar-refractivity contribution < 1.29 is 4.79 Å². The summed E-state index contributed by atoms with van der Waals surface area (Å²) in [5.74, 6) is 0.824. The lowest BCUT2D eigenvalue weighted by atomic mass is 9.75. The molecule has 0 aliphatic carbocycles. The Bertz CT molecular complexity index is 852. The zero-order chi connectivity index (χ0) is 17.7.